The topological polar surface area (TPSA) is 40.5 Å². The van der Waals surface area contributed by atoms with Crippen molar-refractivity contribution in [2.24, 2.45) is 0 Å². The minimum absolute atomic E-state index is 0.116. The second kappa shape index (κ2) is 6.48. The van der Waals surface area contributed by atoms with E-state index in [1.54, 1.807) is 17.0 Å². The molecule has 1 aliphatic heterocycles. The summed E-state index contributed by atoms with van der Waals surface area (Å²) in [5.41, 5.74) is 0.116. The van der Waals surface area contributed by atoms with Crippen LogP contribution in [0.3, 0.4) is 0 Å². The van der Waals surface area contributed by atoms with E-state index < -0.39 is 5.82 Å². The Labute approximate surface area is 120 Å². The van der Waals surface area contributed by atoms with Gasteiger partial charge in [0.1, 0.15) is 5.82 Å². The van der Waals surface area contributed by atoms with Crippen molar-refractivity contribution in [1.29, 1.82) is 0 Å². The van der Waals surface area contributed by atoms with E-state index in [4.69, 9.17) is 5.11 Å². The van der Waals surface area contributed by atoms with Crippen molar-refractivity contribution >= 4 is 21.8 Å². The molecule has 1 aliphatic rings. The van der Waals surface area contributed by atoms with Gasteiger partial charge in [-0.2, -0.15) is 0 Å². The number of hydrogen-bond acceptors (Lipinski definition) is 2. The Morgan fingerprint density at radius 2 is 2.32 bits per heavy atom. The van der Waals surface area contributed by atoms with Gasteiger partial charge in [-0.15, -0.1) is 0 Å². The largest absolute Gasteiger partial charge is 0.396 e. The summed E-state index contributed by atoms with van der Waals surface area (Å²) in [5.74, 6) is -0.750. The van der Waals surface area contributed by atoms with Gasteiger partial charge in [0.2, 0.25) is 0 Å². The smallest absolute Gasteiger partial charge is 0.257 e. The number of benzene rings is 1. The van der Waals surface area contributed by atoms with Crippen LogP contribution in [0.25, 0.3) is 0 Å². The molecule has 1 aromatic rings. The fourth-order valence-corrected chi connectivity index (χ4v) is 2.92. The third-order valence-electron chi connectivity index (χ3n) is 3.52. The number of amides is 1. The van der Waals surface area contributed by atoms with Crippen molar-refractivity contribution < 1.29 is 14.3 Å². The van der Waals surface area contributed by atoms with Crippen LogP contribution >= 0.6 is 15.9 Å². The van der Waals surface area contributed by atoms with Crippen LogP contribution in [0.5, 0.6) is 0 Å². The second-order valence-corrected chi connectivity index (χ2v) is 5.62. The molecule has 0 aliphatic carbocycles. The SMILES string of the molecule is O=C(c1cccc(Br)c1F)N1CCCC1CCCO. The molecule has 2 rings (SSSR count). The molecule has 1 heterocycles. The Morgan fingerprint density at radius 1 is 1.53 bits per heavy atom. The summed E-state index contributed by atoms with van der Waals surface area (Å²) < 4.78 is 14.3. The first-order valence-electron chi connectivity index (χ1n) is 6.51. The summed E-state index contributed by atoms with van der Waals surface area (Å²) in [6, 6.07) is 4.89. The lowest BCUT2D eigenvalue weighted by Gasteiger charge is -2.25. The number of aliphatic hydroxyl groups excluding tert-OH is 1. The van der Waals surface area contributed by atoms with E-state index in [9.17, 15) is 9.18 Å². The maximum absolute atomic E-state index is 14.0. The van der Waals surface area contributed by atoms with Crippen LogP contribution in [-0.4, -0.2) is 35.1 Å². The van der Waals surface area contributed by atoms with Gasteiger partial charge in [-0.1, -0.05) is 6.07 Å². The molecule has 5 heteroatoms. The molecule has 0 radical (unpaired) electrons. The summed E-state index contributed by atoms with van der Waals surface area (Å²) >= 11 is 3.10. The Hall–Kier alpha value is -0.940. The first-order chi connectivity index (χ1) is 9.15. The maximum atomic E-state index is 14.0. The Kier molecular flexibility index (Phi) is 4.93. The van der Waals surface area contributed by atoms with Crippen molar-refractivity contribution in [3.8, 4) is 0 Å². The third kappa shape index (κ3) is 3.15. The van der Waals surface area contributed by atoms with Crippen LogP contribution in [0, 0.1) is 5.82 Å². The van der Waals surface area contributed by atoms with Crippen molar-refractivity contribution in [2.45, 2.75) is 31.7 Å². The lowest BCUT2D eigenvalue weighted by Crippen LogP contribution is -2.36. The molecule has 1 amide bonds. The van der Waals surface area contributed by atoms with Crippen LogP contribution < -0.4 is 0 Å². The molecule has 3 nitrogen and oxygen atoms in total. The second-order valence-electron chi connectivity index (χ2n) is 4.76. The van der Waals surface area contributed by atoms with Crippen LogP contribution in [0.1, 0.15) is 36.0 Å². The summed E-state index contributed by atoms with van der Waals surface area (Å²) in [4.78, 5) is 14.1. The van der Waals surface area contributed by atoms with E-state index in [1.165, 1.54) is 6.07 Å². The number of halogens is 2. The predicted octanol–water partition coefficient (Wildman–Crippen LogP) is 2.97. The minimum Gasteiger partial charge on any atom is -0.396 e. The van der Waals surface area contributed by atoms with Gasteiger partial charge >= 0.3 is 0 Å². The average molecular weight is 330 g/mol. The number of carbonyl (C=O) groups is 1. The number of carbonyl (C=O) groups excluding carboxylic acids is 1. The zero-order valence-corrected chi connectivity index (χ0v) is 12.2. The standard InChI is InChI=1S/C14H17BrFNO2/c15-12-7-1-6-11(13(12)16)14(19)17-8-2-4-10(17)5-3-9-18/h1,6-7,10,18H,2-5,8-9H2. The van der Waals surface area contributed by atoms with E-state index in [1.807, 2.05) is 0 Å². The molecule has 1 aromatic carbocycles. The molecule has 1 atom stereocenters. The molecular weight excluding hydrogens is 313 g/mol. The van der Waals surface area contributed by atoms with Crippen LogP contribution in [-0.2, 0) is 0 Å². The molecule has 1 saturated heterocycles. The van der Waals surface area contributed by atoms with E-state index in [2.05, 4.69) is 15.9 Å². The van der Waals surface area contributed by atoms with Crippen molar-refractivity contribution in [3.05, 3.63) is 34.1 Å². The fraction of sp³-hybridized carbons (Fsp3) is 0.500. The highest BCUT2D eigenvalue weighted by molar-refractivity contribution is 9.10. The van der Waals surface area contributed by atoms with Gasteiger partial charge in [0, 0.05) is 19.2 Å². The quantitative estimate of drug-likeness (QED) is 0.922. The van der Waals surface area contributed by atoms with E-state index in [0.717, 1.165) is 19.3 Å². The first-order valence-corrected chi connectivity index (χ1v) is 7.30. The zero-order valence-electron chi connectivity index (χ0n) is 10.6. The summed E-state index contributed by atoms with van der Waals surface area (Å²) in [7, 11) is 0. The molecular formula is C14H17BrFNO2. The normalized spacial score (nSPS) is 18.9. The summed E-state index contributed by atoms with van der Waals surface area (Å²) in [6.45, 7) is 0.796. The van der Waals surface area contributed by atoms with Gasteiger partial charge in [0.25, 0.3) is 5.91 Å². The number of hydrogen-bond donors (Lipinski definition) is 1. The van der Waals surface area contributed by atoms with Gasteiger partial charge in [-0.05, 0) is 53.7 Å². The molecule has 0 bridgehead atoms. The number of nitrogens with zero attached hydrogens (tertiary/aromatic N) is 1. The first kappa shape index (κ1) is 14.5. The number of aliphatic hydroxyl groups is 1. The van der Waals surface area contributed by atoms with E-state index in [0.29, 0.717) is 17.4 Å². The van der Waals surface area contributed by atoms with Crippen LogP contribution in [0.15, 0.2) is 22.7 Å². The van der Waals surface area contributed by atoms with Gasteiger partial charge in [-0.25, -0.2) is 4.39 Å². The lowest BCUT2D eigenvalue weighted by molar-refractivity contribution is 0.0719. The summed E-state index contributed by atoms with van der Waals surface area (Å²) in [5, 5.41) is 8.88. The molecule has 0 spiro atoms. The highest BCUT2D eigenvalue weighted by Gasteiger charge is 2.30. The van der Waals surface area contributed by atoms with Gasteiger partial charge in [0.05, 0.1) is 10.0 Å². The number of rotatable bonds is 4. The Morgan fingerprint density at radius 3 is 3.05 bits per heavy atom. The van der Waals surface area contributed by atoms with Crippen molar-refractivity contribution in [1.82, 2.24) is 4.90 Å². The van der Waals surface area contributed by atoms with Crippen LogP contribution in [0.2, 0.25) is 0 Å². The van der Waals surface area contributed by atoms with Crippen molar-refractivity contribution in [2.75, 3.05) is 13.2 Å². The van der Waals surface area contributed by atoms with Gasteiger partial charge < -0.3 is 10.0 Å². The summed E-state index contributed by atoms with van der Waals surface area (Å²) in [6.07, 6.45) is 3.33. The maximum Gasteiger partial charge on any atom is 0.257 e. The Balaban J connectivity index is 2.16. The van der Waals surface area contributed by atoms with Gasteiger partial charge in [0.15, 0.2) is 0 Å². The van der Waals surface area contributed by atoms with E-state index in [-0.39, 0.29) is 24.1 Å². The molecule has 1 unspecified atom stereocenters. The fourth-order valence-electron chi connectivity index (χ4n) is 2.55. The minimum atomic E-state index is -0.500. The molecule has 104 valence electrons. The average Bonchev–Trinajstić information content (AvgIpc) is 2.87. The molecule has 1 fully saturated rings. The molecule has 0 aromatic heterocycles. The highest BCUT2D eigenvalue weighted by Crippen LogP contribution is 2.26. The van der Waals surface area contributed by atoms with Gasteiger partial charge in [-0.3, -0.25) is 4.79 Å². The third-order valence-corrected chi connectivity index (χ3v) is 4.13. The van der Waals surface area contributed by atoms with Crippen LogP contribution in [0.4, 0.5) is 4.39 Å². The molecule has 1 N–H and O–H groups in total. The monoisotopic (exact) mass is 329 g/mol. The molecule has 0 saturated carbocycles. The molecule has 19 heavy (non-hydrogen) atoms. The number of likely N-dealkylation sites (tertiary alicyclic amines) is 1. The van der Waals surface area contributed by atoms with E-state index >= 15 is 0 Å². The highest BCUT2D eigenvalue weighted by atomic mass is 79.9. The Bertz CT molecular complexity index is 467. The zero-order chi connectivity index (χ0) is 13.8. The lowest BCUT2D eigenvalue weighted by atomic mass is 10.1. The predicted molar refractivity (Wildman–Crippen MR) is 74.5 cm³/mol. The van der Waals surface area contributed by atoms with Crippen molar-refractivity contribution in [3.63, 3.8) is 0 Å².